The molecule has 2 aromatic heterocycles. The molecule has 0 spiro atoms. The van der Waals surface area contributed by atoms with Crippen LogP contribution in [0.3, 0.4) is 0 Å². The van der Waals surface area contributed by atoms with Gasteiger partial charge in [0.1, 0.15) is 5.56 Å². The fourth-order valence-electron chi connectivity index (χ4n) is 6.24. The molecule has 3 heterocycles. The lowest BCUT2D eigenvalue weighted by Crippen LogP contribution is -2.26. The molecule has 2 aliphatic rings. The number of piperidine rings is 1. The van der Waals surface area contributed by atoms with Crippen LogP contribution in [0.2, 0.25) is 0 Å². The topological polar surface area (TPSA) is 81.1 Å². The maximum Gasteiger partial charge on any atom is 0.341 e. The number of rotatable bonds is 7. The number of ether oxygens (including phenoxy) is 1. The summed E-state index contributed by atoms with van der Waals surface area (Å²) in [5.41, 5.74) is 9.84. The molecule has 1 fully saturated rings. The van der Waals surface area contributed by atoms with Crippen molar-refractivity contribution in [1.29, 1.82) is 0 Å². The molecule has 6 rings (SSSR count). The maximum atomic E-state index is 12.3. The lowest BCUT2D eigenvalue weighted by molar-refractivity contribution is 0.0525. The van der Waals surface area contributed by atoms with E-state index in [1.807, 2.05) is 19.1 Å². The highest BCUT2D eigenvalue weighted by atomic mass is 16.5. The van der Waals surface area contributed by atoms with Gasteiger partial charge in [0.2, 0.25) is 0 Å². The molecule has 1 aliphatic heterocycles. The molecule has 2 N–H and O–H groups in total. The summed E-state index contributed by atoms with van der Waals surface area (Å²) in [6.45, 7) is 8.42. The average Bonchev–Trinajstić information content (AvgIpc) is 3.58. The zero-order chi connectivity index (χ0) is 27.6. The largest absolute Gasteiger partial charge is 0.462 e. The first-order valence-corrected chi connectivity index (χ1v) is 14.4. The number of aromatic nitrogens is 3. The summed E-state index contributed by atoms with van der Waals surface area (Å²) < 4.78 is 6.90. The highest BCUT2D eigenvalue weighted by molar-refractivity contribution is 5.90. The summed E-state index contributed by atoms with van der Waals surface area (Å²) >= 11 is 0. The number of aryl methyl sites for hydroxylation is 2. The Morgan fingerprint density at radius 3 is 2.70 bits per heavy atom. The van der Waals surface area contributed by atoms with Crippen molar-refractivity contribution in [1.82, 2.24) is 20.1 Å². The van der Waals surface area contributed by atoms with Crippen LogP contribution in [0.15, 0.2) is 60.8 Å². The fraction of sp³-hybridized carbons (Fsp3) is 0.364. The number of carbonyl (C=O) groups excluding carboxylic acids is 1. The molecule has 7 nitrogen and oxygen atoms in total. The van der Waals surface area contributed by atoms with Crippen molar-refractivity contribution in [2.45, 2.75) is 58.4 Å². The molecule has 7 heteroatoms. The zero-order valence-electron chi connectivity index (χ0n) is 23.5. The minimum atomic E-state index is -0.365. The summed E-state index contributed by atoms with van der Waals surface area (Å²) in [6.07, 6.45) is 6.05. The van der Waals surface area contributed by atoms with Crippen LogP contribution < -0.4 is 10.6 Å². The Labute approximate surface area is 236 Å². The van der Waals surface area contributed by atoms with Gasteiger partial charge in [0.15, 0.2) is 5.82 Å². The van der Waals surface area contributed by atoms with Crippen molar-refractivity contribution in [3.05, 3.63) is 94.3 Å². The van der Waals surface area contributed by atoms with Gasteiger partial charge in [-0.2, -0.15) is 5.10 Å². The molecule has 4 aromatic rings. The van der Waals surface area contributed by atoms with Crippen LogP contribution in [-0.2, 0) is 11.2 Å². The standard InChI is InChI=1S/C33H37N5O2/c1-4-40-33(39)27-20-35-38(22(27)3)31-10-6-9-29(37-31)26-8-5-7-24-11-14-30(32(24)26)36-28-13-12-25(19-21(28)2)23-15-17-34-18-16-23/h5-10,12-13,19-20,23,30,34,36H,4,11,14-18H2,1-3H3. The highest BCUT2D eigenvalue weighted by Crippen LogP contribution is 2.41. The number of pyridine rings is 1. The molecule has 0 bridgehead atoms. The summed E-state index contributed by atoms with van der Waals surface area (Å²) in [4.78, 5) is 17.3. The molecule has 0 amide bonds. The van der Waals surface area contributed by atoms with E-state index in [1.165, 1.54) is 40.8 Å². The lowest BCUT2D eigenvalue weighted by Gasteiger charge is -2.25. The molecule has 1 atom stereocenters. The van der Waals surface area contributed by atoms with Gasteiger partial charge in [-0.05, 0) is 106 Å². The van der Waals surface area contributed by atoms with E-state index in [1.54, 1.807) is 17.8 Å². The molecule has 1 unspecified atom stereocenters. The Morgan fingerprint density at radius 2 is 1.90 bits per heavy atom. The number of carbonyl (C=O) groups is 1. The minimum absolute atomic E-state index is 0.210. The number of nitrogens with zero attached hydrogens (tertiary/aromatic N) is 3. The first-order valence-electron chi connectivity index (χ1n) is 14.4. The second kappa shape index (κ2) is 11.3. The van der Waals surface area contributed by atoms with E-state index < -0.39 is 0 Å². The van der Waals surface area contributed by atoms with Gasteiger partial charge in [-0.3, -0.25) is 0 Å². The van der Waals surface area contributed by atoms with E-state index in [2.05, 4.69) is 65.1 Å². The summed E-state index contributed by atoms with van der Waals surface area (Å²) in [6, 6.07) is 19.7. The van der Waals surface area contributed by atoms with Gasteiger partial charge in [0.25, 0.3) is 0 Å². The van der Waals surface area contributed by atoms with E-state index in [-0.39, 0.29) is 12.0 Å². The molecule has 0 saturated carbocycles. The molecular weight excluding hydrogens is 498 g/mol. The molecule has 1 saturated heterocycles. The minimum Gasteiger partial charge on any atom is -0.462 e. The monoisotopic (exact) mass is 535 g/mol. The number of anilines is 1. The summed E-state index contributed by atoms with van der Waals surface area (Å²) in [7, 11) is 0. The van der Waals surface area contributed by atoms with Crippen molar-refractivity contribution >= 4 is 11.7 Å². The smallest absolute Gasteiger partial charge is 0.341 e. The highest BCUT2D eigenvalue weighted by Gasteiger charge is 2.27. The normalized spacial score (nSPS) is 17.0. The predicted octanol–water partition coefficient (Wildman–Crippen LogP) is 6.29. The van der Waals surface area contributed by atoms with Crippen LogP contribution >= 0.6 is 0 Å². The average molecular weight is 536 g/mol. The van der Waals surface area contributed by atoms with Crippen molar-refractivity contribution < 1.29 is 9.53 Å². The van der Waals surface area contributed by atoms with E-state index in [9.17, 15) is 4.79 Å². The number of hydrogen-bond acceptors (Lipinski definition) is 6. The Hall–Kier alpha value is -3.97. The quantitative estimate of drug-likeness (QED) is 0.271. The SMILES string of the molecule is CCOC(=O)c1cnn(-c2cccc(-c3cccc4c3C(Nc3ccc(C5CCNCC5)cc3C)CC4)n2)c1C. The van der Waals surface area contributed by atoms with Crippen molar-refractivity contribution in [2.75, 3.05) is 25.0 Å². The zero-order valence-corrected chi connectivity index (χ0v) is 23.5. The number of benzene rings is 2. The molecule has 1 aliphatic carbocycles. The van der Waals surface area contributed by atoms with E-state index in [4.69, 9.17) is 9.72 Å². The van der Waals surface area contributed by atoms with Gasteiger partial charge in [-0.15, -0.1) is 0 Å². The molecule has 2 aromatic carbocycles. The number of fused-ring (bicyclic) bond motifs is 1. The van der Waals surface area contributed by atoms with Gasteiger partial charge in [-0.1, -0.05) is 36.4 Å². The van der Waals surface area contributed by atoms with Gasteiger partial charge < -0.3 is 15.4 Å². The van der Waals surface area contributed by atoms with Gasteiger partial charge in [0, 0.05) is 11.3 Å². The van der Waals surface area contributed by atoms with Crippen LogP contribution in [0.25, 0.3) is 17.1 Å². The van der Waals surface area contributed by atoms with Crippen LogP contribution in [0.4, 0.5) is 5.69 Å². The molecular formula is C33H37N5O2. The Kier molecular flexibility index (Phi) is 7.39. The third kappa shape index (κ3) is 5.02. The number of hydrogen-bond donors (Lipinski definition) is 2. The first kappa shape index (κ1) is 26.3. The van der Waals surface area contributed by atoms with Crippen LogP contribution in [-0.4, -0.2) is 40.4 Å². The first-order chi connectivity index (χ1) is 19.5. The Morgan fingerprint density at radius 1 is 1.07 bits per heavy atom. The van der Waals surface area contributed by atoms with Crippen molar-refractivity contribution in [3.8, 4) is 17.1 Å². The predicted molar refractivity (Wildman–Crippen MR) is 158 cm³/mol. The summed E-state index contributed by atoms with van der Waals surface area (Å²) in [5, 5.41) is 11.8. The third-order valence-corrected chi connectivity index (χ3v) is 8.37. The third-order valence-electron chi connectivity index (χ3n) is 8.37. The van der Waals surface area contributed by atoms with Crippen molar-refractivity contribution in [3.63, 3.8) is 0 Å². The number of nitrogens with one attached hydrogen (secondary N) is 2. The van der Waals surface area contributed by atoms with Crippen molar-refractivity contribution in [2.24, 2.45) is 0 Å². The van der Waals surface area contributed by atoms with Crippen LogP contribution in [0.5, 0.6) is 0 Å². The molecule has 206 valence electrons. The van der Waals surface area contributed by atoms with Gasteiger partial charge in [0.05, 0.1) is 30.2 Å². The Bertz CT molecular complexity index is 1540. The van der Waals surface area contributed by atoms with Gasteiger partial charge in [-0.25, -0.2) is 14.5 Å². The summed E-state index contributed by atoms with van der Waals surface area (Å²) in [5.74, 6) is 0.962. The fourth-order valence-corrected chi connectivity index (χ4v) is 6.24. The van der Waals surface area contributed by atoms with E-state index in [0.717, 1.165) is 37.2 Å². The van der Waals surface area contributed by atoms with E-state index in [0.29, 0.717) is 29.6 Å². The molecule has 40 heavy (non-hydrogen) atoms. The lowest BCUT2D eigenvalue weighted by atomic mass is 9.89. The maximum absolute atomic E-state index is 12.3. The number of esters is 1. The van der Waals surface area contributed by atoms with Crippen LogP contribution in [0, 0.1) is 13.8 Å². The molecule has 0 radical (unpaired) electrons. The van der Waals surface area contributed by atoms with E-state index >= 15 is 0 Å². The van der Waals surface area contributed by atoms with Crippen LogP contribution in [0.1, 0.15) is 76.5 Å². The Balaban J connectivity index is 1.29. The van der Waals surface area contributed by atoms with Gasteiger partial charge >= 0.3 is 5.97 Å². The second-order valence-corrected chi connectivity index (χ2v) is 10.9. The second-order valence-electron chi connectivity index (χ2n) is 10.9.